The molecule has 1 fully saturated rings. The highest BCUT2D eigenvalue weighted by atomic mass is 19.1. The molecule has 0 unspecified atom stereocenters. The molecule has 4 aromatic rings. The fraction of sp³-hybridized carbons (Fsp3) is 0.222. The van der Waals surface area contributed by atoms with Crippen molar-refractivity contribution in [3.63, 3.8) is 0 Å². The van der Waals surface area contributed by atoms with Gasteiger partial charge in [-0.25, -0.2) is 9.37 Å². The first kappa shape index (κ1) is 22.0. The van der Waals surface area contributed by atoms with Gasteiger partial charge < -0.3 is 4.90 Å². The number of anilines is 1. The molecule has 172 valence electrons. The predicted molar refractivity (Wildman–Crippen MR) is 130 cm³/mol. The molecule has 2 aromatic carbocycles. The van der Waals surface area contributed by atoms with Crippen LogP contribution in [-0.2, 0) is 0 Å². The molecule has 1 saturated heterocycles. The third-order valence-electron chi connectivity index (χ3n) is 6.32. The second-order valence-corrected chi connectivity index (χ2v) is 8.43. The topological polar surface area (TPSA) is 58.4 Å². The monoisotopic (exact) mass is 456 g/mol. The lowest BCUT2D eigenvalue weighted by atomic mass is 10.1. The number of pyridine rings is 1. The number of carbonyl (C=O) groups is 2. The summed E-state index contributed by atoms with van der Waals surface area (Å²) in [5, 5.41) is 0.753. The van der Waals surface area contributed by atoms with Crippen molar-refractivity contribution in [2.24, 2.45) is 0 Å². The van der Waals surface area contributed by atoms with Crippen molar-refractivity contribution in [1.29, 1.82) is 0 Å². The summed E-state index contributed by atoms with van der Waals surface area (Å²) >= 11 is 0. The number of Topliss-reactive ketones (excluding diaryl/α,β-unsaturated/α-hetero) is 1. The van der Waals surface area contributed by atoms with Gasteiger partial charge in [-0.15, -0.1) is 0 Å². The molecule has 0 radical (unpaired) electrons. The van der Waals surface area contributed by atoms with Gasteiger partial charge in [0.2, 0.25) is 0 Å². The summed E-state index contributed by atoms with van der Waals surface area (Å²) in [5.74, 6) is 0.303. The average Bonchev–Trinajstić information content (AvgIpc) is 3.28. The summed E-state index contributed by atoms with van der Waals surface area (Å²) in [5.41, 5.74) is 1.58. The number of ketones is 1. The number of hydrogen-bond acceptors (Lipinski definition) is 5. The Labute approximate surface area is 197 Å². The Balaban J connectivity index is 1.28. The van der Waals surface area contributed by atoms with E-state index in [1.54, 1.807) is 12.4 Å². The van der Waals surface area contributed by atoms with Gasteiger partial charge in [0, 0.05) is 68.1 Å². The van der Waals surface area contributed by atoms with Crippen LogP contribution in [-0.4, -0.2) is 58.9 Å². The van der Waals surface area contributed by atoms with Crippen LogP contribution in [0.25, 0.3) is 10.9 Å². The SMILES string of the molecule is O=C(CCN1CCN(c2ccccn2)CC1)c1cn(C(=O)c2ccc(F)cc2)c2ccccc12. The van der Waals surface area contributed by atoms with Gasteiger partial charge in [0.1, 0.15) is 11.6 Å². The second kappa shape index (κ2) is 9.57. The summed E-state index contributed by atoms with van der Waals surface area (Å²) in [6.07, 6.45) is 3.80. The lowest BCUT2D eigenvalue weighted by Gasteiger charge is -2.35. The van der Waals surface area contributed by atoms with Crippen molar-refractivity contribution >= 4 is 28.4 Å². The highest BCUT2D eigenvalue weighted by Gasteiger charge is 2.22. The molecule has 0 N–H and O–H groups in total. The van der Waals surface area contributed by atoms with E-state index in [0.29, 0.717) is 29.6 Å². The van der Waals surface area contributed by atoms with Crippen molar-refractivity contribution < 1.29 is 14.0 Å². The number of fused-ring (bicyclic) bond motifs is 1. The lowest BCUT2D eigenvalue weighted by molar-refractivity contribution is 0.0963. The number of carbonyl (C=O) groups excluding carboxylic acids is 2. The van der Waals surface area contributed by atoms with E-state index < -0.39 is 5.82 Å². The van der Waals surface area contributed by atoms with Crippen molar-refractivity contribution in [3.05, 3.63) is 96.1 Å². The zero-order chi connectivity index (χ0) is 23.5. The molecule has 0 aliphatic carbocycles. The lowest BCUT2D eigenvalue weighted by Crippen LogP contribution is -2.47. The highest BCUT2D eigenvalue weighted by Crippen LogP contribution is 2.24. The Morgan fingerprint density at radius 2 is 1.62 bits per heavy atom. The van der Waals surface area contributed by atoms with Gasteiger partial charge in [0.15, 0.2) is 5.78 Å². The molecule has 1 aliphatic rings. The van der Waals surface area contributed by atoms with E-state index in [9.17, 15) is 14.0 Å². The van der Waals surface area contributed by atoms with Crippen LogP contribution in [0.3, 0.4) is 0 Å². The van der Waals surface area contributed by atoms with Crippen molar-refractivity contribution in [3.8, 4) is 0 Å². The maximum Gasteiger partial charge on any atom is 0.262 e. The molecule has 6 nitrogen and oxygen atoms in total. The van der Waals surface area contributed by atoms with Crippen LogP contribution in [0.2, 0.25) is 0 Å². The summed E-state index contributed by atoms with van der Waals surface area (Å²) in [4.78, 5) is 35.2. The second-order valence-electron chi connectivity index (χ2n) is 8.43. The molecular formula is C27H25FN4O2. The Morgan fingerprint density at radius 1 is 0.882 bits per heavy atom. The van der Waals surface area contributed by atoms with Crippen molar-refractivity contribution in [2.75, 3.05) is 37.6 Å². The molecule has 3 heterocycles. The Kier molecular flexibility index (Phi) is 6.18. The highest BCUT2D eigenvalue weighted by molar-refractivity contribution is 6.12. The van der Waals surface area contributed by atoms with Gasteiger partial charge in [-0.05, 0) is 42.5 Å². The predicted octanol–water partition coefficient (Wildman–Crippen LogP) is 4.26. The number of hydrogen-bond donors (Lipinski definition) is 0. The fourth-order valence-corrected chi connectivity index (χ4v) is 4.44. The molecule has 7 heteroatoms. The van der Waals surface area contributed by atoms with E-state index in [0.717, 1.165) is 37.4 Å². The number of piperazine rings is 1. The van der Waals surface area contributed by atoms with Crippen LogP contribution in [0.5, 0.6) is 0 Å². The number of para-hydroxylation sites is 1. The molecule has 34 heavy (non-hydrogen) atoms. The standard InChI is InChI=1S/C27H25FN4O2/c28-21-10-8-20(9-11-21)27(34)32-19-23(22-5-1-2-6-24(22)32)25(33)12-14-30-15-17-31(18-16-30)26-7-3-4-13-29-26/h1-11,13,19H,12,14-18H2. The van der Waals surface area contributed by atoms with E-state index >= 15 is 0 Å². The normalized spacial score (nSPS) is 14.4. The van der Waals surface area contributed by atoms with Gasteiger partial charge in [-0.3, -0.25) is 19.1 Å². The first-order valence-corrected chi connectivity index (χ1v) is 11.4. The minimum atomic E-state index is -0.398. The van der Waals surface area contributed by atoms with Crippen LogP contribution < -0.4 is 4.90 Å². The van der Waals surface area contributed by atoms with Gasteiger partial charge in [0.25, 0.3) is 5.91 Å². The fourth-order valence-electron chi connectivity index (χ4n) is 4.44. The summed E-state index contributed by atoms with van der Waals surface area (Å²) in [6.45, 7) is 4.15. The molecule has 0 saturated carbocycles. The molecule has 2 aromatic heterocycles. The molecule has 0 bridgehead atoms. The van der Waals surface area contributed by atoms with Gasteiger partial charge in [0.05, 0.1) is 5.52 Å². The van der Waals surface area contributed by atoms with E-state index in [2.05, 4.69) is 14.8 Å². The Morgan fingerprint density at radius 3 is 2.35 bits per heavy atom. The van der Waals surface area contributed by atoms with E-state index in [1.807, 2.05) is 42.5 Å². The van der Waals surface area contributed by atoms with Crippen LogP contribution in [0.1, 0.15) is 27.1 Å². The first-order valence-electron chi connectivity index (χ1n) is 11.4. The number of aromatic nitrogens is 2. The third-order valence-corrected chi connectivity index (χ3v) is 6.32. The van der Waals surface area contributed by atoms with Gasteiger partial charge >= 0.3 is 0 Å². The van der Waals surface area contributed by atoms with Crippen LogP contribution in [0.15, 0.2) is 79.1 Å². The van der Waals surface area contributed by atoms with Crippen LogP contribution in [0.4, 0.5) is 10.2 Å². The molecule has 0 atom stereocenters. The molecule has 0 amide bonds. The van der Waals surface area contributed by atoms with Gasteiger partial charge in [-0.2, -0.15) is 0 Å². The molecular weight excluding hydrogens is 431 g/mol. The zero-order valence-electron chi connectivity index (χ0n) is 18.7. The minimum Gasteiger partial charge on any atom is -0.354 e. The quantitative estimate of drug-likeness (QED) is 0.406. The average molecular weight is 457 g/mol. The largest absolute Gasteiger partial charge is 0.354 e. The number of halogens is 1. The zero-order valence-corrected chi connectivity index (χ0v) is 18.7. The molecule has 0 spiro atoms. The van der Waals surface area contributed by atoms with E-state index in [1.165, 1.54) is 28.8 Å². The van der Waals surface area contributed by atoms with Gasteiger partial charge in [-0.1, -0.05) is 24.3 Å². The van der Waals surface area contributed by atoms with E-state index in [4.69, 9.17) is 0 Å². The first-order chi connectivity index (χ1) is 16.6. The van der Waals surface area contributed by atoms with E-state index in [-0.39, 0.29) is 11.7 Å². The van der Waals surface area contributed by atoms with Crippen molar-refractivity contribution in [1.82, 2.24) is 14.5 Å². The van der Waals surface area contributed by atoms with Crippen LogP contribution >= 0.6 is 0 Å². The maximum absolute atomic E-state index is 13.3. The summed E-state index contributed by atoms with van der Waals surface area (Å²) in [6, 6.07) is 18.7. The minimum absolute atomic E-state index is 0.00834. The molecule has 1 aliphatic heterocycles. The van der Waals surface area contributed by atoms with Crippen LogP contribution in [0, 0.1) is 5.82 Å². The smallest absolute Gasteiger partial charge is 0.262 e. The summed E-state index contributed by atoms with van der Waals surface area (Å²) in [7, 11) is 0. The summed E-state index contributed by atoms with van der Waals surface area (Å²) < 4.78 is 14.8. The number of benzene rings is 2. The third kappa shape index (κ3) is 4.47. The molecule has 5 rings (SSSR count). The Bertz CT molecular complexity index is 1310. The maximum atomic E-state index is 13.3. The Hall–Kier alpha value is -3.84. The number of rotatable bonds is 6. The van der Waals surface area contributed by atoms with Crippen molar-refractivity contribution in [2.45, 2.75) is 6.42 Å². The number of nitrogens with zero attached hydrogens (tertiary/aromatic N) is 4.